The van der Waals surface area contributed by atoms with Crippen molar-refractivity contribution in [2.75, 3.05) is 26.2 Å². The lowest BCUT2D eigenvalue weighted by Crippen LogP contribution is -2.40. The van der Waals surface area contributed by atoms with Crippen LogP contribution in [0.3, 0.4) is 0 Å². The number of rotatable bonds is 3. The molecular formula is C16H25BrN4O3. The third-order valence-electron chi connectivity index (χ3n) is 3.66. The van der Waals surface area contributed by atoms with Crippen molar-refractivity contribution in [3.05, 3.63) is 16.9 Å². The summed E-state index contributed by atoms with van der Waals surface area (Å²) in [6, 6.07) is 0. The molecule has 8 heteroatoms. The number of ether oxygens (including phenoxy) is 1. The van der Waals surface area contributed by atoms with E-state index in [4.69, 9.17) is 4.74 Å². The number of hydrogen-bond donors (Lipinski definition) is 0. The summed E-state index contributed by atoms with van der Waals surface area (Å²) in [6.45, 7) is 8.45. The third-order valence-corrected chi connectivity index (χ3v) is 4.07. The van der Waals surface area contributed by atoms with Gasteiger partial charge in [-0.3, -0.25) is 9.48 Å². The van der Waals surface area contributed by atoms with Gasteiger partial charge in [0.05, 0.1) is 10.7 Å². The number of aryl methyl sites for hydroxylation is 1. The minimum Gasteiger partial charge on any atom is -0.444 e. The number of halogens is 1. The SMILES string of the molecule is CC(C)(C)OC(=O)N1CCCN(C(=O)CCn2cc(Br)cn2)CC1. The first-order valence-electron chi connectivity index (χ1n) is 8.18. The summed E-state index contributed by atoms with van der Waals surface area (Å²) >= 11 is 3.34. The first kappa shape index (κ1) is 18.8. The Morgan fingerprint density at radius 3 is 2.50 bits per heavy atom. The fourth-order valence-electron chi connectivity index (χ4n) is 2.50. The van der Waals surface area contributed by atoms with Gasteiger partial charge in [-0.2, -0.15) is 5.10 Å². The van der Waals surface area contributed by atoms with Gasteiger partial charge in [0.15, 0.2) is 0 Å². The van der Waals surface area contributed by atoms with Crippen LogP contribution in [-0.2, 0) is 16.1 Å². The van der Waals surface area contributed by atoms with Gasteiger partial charge in [-0.1, -0.05) is 0 Å². The molecular weight excluding hydrogens is 376 g/mol. The standard InChI is InChI=1S/C16H25BrN4O3/c1-16(2,3)24-15(23)20-7-4-6-19(9-10-20)14(22)5-8-21-12-13(17)11-18-21/h11-12H,4-10H2,1-3H3. The highest BCUT2D eigenvalue weighted by molar-refractivity contribution is 9.10. The van der Waals surface area contributed by atoms with Gasteiger partial charge >= 0.3 is 6.09 Å². The molecule has 0 radical (unpaired) electrons. The van der Waals surface area contributed by atoms with E-state index in [1.807, 2.05) is 31.9 Å². The monoisotopic (exact) mass is 400 g/mol. The van der Waals surface area contributed by atoms with Crippen LogP contribution in [0.2, 0.25) is 0 Å². The van der Waals surface area contributed by atoms with Gasteiger partial charge in [0.1, 0.15) is 5.60 Å². The molecule has 0 saturated carbocycles. The van der Waals surface area contributed by atoms with Gasteiger partial charge in [-0.15, -0.1) is 0 Å². The van der Waals surface area contributed by atoms with Gasteiger partial charge in [0.25, 0.3) is 0 Å². The van der Waals surface area contributed by atoms with Crippen molar-refractivity contribution in [1.82, 2.24) is 19.6 Å². The average Bonchev–Trinajstić information content (AvgIpc) is 2.74. The topological polar surface area (TPSA) is 67.7 Å². The third kappa shape index (κ3) is 5.81. The van der Waals surface area contributed by atoms with Crippen molar-refractivity contribution in [1.29, 1.82) is 0 Å². The Kier molecular flexibility index (Phi) is 6.26. The minimum atomic E-state index is -0.503. The Labute approximate surface area is 151 Å². The van der Waals surface area contributed by atoms with Crippen LogP contribution >= 0.6 is 15.9 Å². The maximum absolute atomic E-state index is 12.4. The molecule has 0 atom stereocenters. The molecule has 1 aromatic rings. The zero-order valence-electron chi connectivity index (χ0n) is 14.5. The molecule has 7 nitrogen and oxygen atoms in total. The molecule has 1 saturated heterocycles. The van der Waals surface area contributed by atoms with E-state index in [0.717, 1.165) is 10.9 Å². The first-order valence-corrected chi connectivity index (χ1v) is 8.97. The zero-order valence-corrected chi connectivity index (χ0v) is 16.1. The predicted molar refractivity (Wildman–Crippen MR) is 93.5 cm³/mol. The molecule has 1 aliphatic rings. The maximum Gasteiger partial charge on any atom is 0.410 e. The van der Waals surface area contributed by atoms with Gasteiger partial charge in [-0.25, -0.2) is 4.79 Å². The molecule has 0 spiro atoms. The average molecular weight is 401 g/mol. The van der Waals surface area contributed by atoms with Crippen LogP contribution in [0.4, 0.5) is 4.79 Å². The summed E-state index contributed by atoms with van der Waals surface area (Å²) in [5, 5.41) is 4.15. The van der Waals surface area contributed by atoms with E-state index in [1.165, 1.54) is 0 Å². The van der Waals surface area contributed by atoms with Crippen LogP contribution in [0.5, 0.6) is 0 Å². The van der Waals surface area contributed by atoms with Crippen LogP contribution < -0.4 is 0 Å². The molecule has 24 heavy (non-hydrogen) atoms. The Hall–Kier alpha value is -1.57. The van der Waals surface area contributed by atoms with Gasteiger partial charge in [0.2, 0.25) is 5.91 Å². The lowest BCUT2D eigenvalue weighted by atomic mass is 10.2. The molecule has 134 valence electrons. The zero-order chi connectivity index (χ0) is 17.7. The van der Waals surface area contributed by atoms with Crippen molar-refractivity contribution in [3.63, 3.8) is 0 Å². The number of carbonyl (C=O) groups excluding carboxylic acids is 2. The first-order chi connectivity index (χ1) is 11.2. The fourth-order valence-corrected chi connectivity index (χ4v) is 2.83. The number of carbonyl (C=O) groups is 2. The second-order valence-corrected chi connectivity index (χ2v) is 7.79. The molecule has 2 amide bonds. The van der Waals surface area contributed by atoms with E-state index < -0.39 is 5.60 Å². The predicted octanol–water partition coefficient (Wildman–Crippen LogP) is 2.51. The maximum atomic E-state index is 12.4. The number of aromatic nitrogens is 2. The molecule has 0 unspecified atom stereocenters. The van der Waals surface area contributed by atoms with Crippen molar-refractivity contribution < 1.29 is 14.3 Å². The Morgan fingerprint density at radius 2 is 1.88 bits per heavy atom. The van der Waals surface area contributed by atoms with E-state index in [-0.39, 0.29) is 12.0 Å². The smallest absolute Gasteiger partial charge is 0.410 e. The molecule has 1 fully saturated rings. The summed E-state index contributed by atoms with van der Waals surface area (Å²) in [4.78, 5) is 28.0. The quantitative estimate of drug-likeness (QED) is 0.781. The van der Waals surface area contributed by atoms with Crippen molar-refractivity contribution >= 4 is 27.9 Å². The summed E-state index contributed by atoms with van der Waals surface area (Å²) in [6.07, 6.45) is 4.41. The lowest BCUT2D eigenvalue weighted by Gasteiger charge is -2.26. The van der Waals surface area contributed by atoms with E-state index in [2.05, 4.69) is 21.0 Å². The minimum absolute atomic E-state index is 0.0904. The number of amides is 2. The van der Waals surface area contributed by atoms with Crippen molar-refractivity contribution in [3.8, 4) is 0 Å². The van der Waals surface area contributed by atoms with Gasteiger partial charge in [-0.05, 0) is 43.1 Å². The van der Waals surface area contributed by atoms with Gasteiger partial charge in [0, 0.05) is 45.3 Å². The van der Waals surface area contributed by atoms with Crippen LogP contribution in [-0.4, -0.2) is 63.4 Å². The summed E-state index contributed by atoms with van der Waals surface area (Å²) in [5.74, 6) is 0.0904. The highest BCUT2D eigenvalue weighted by Crippen LogP contribution is 2.13. The van der Waals surface area contributed by atoms with Crippen LogP contribution in [0.1, 0.15) is 33.6 Å². The summed E-state index contributed by atoms with van der Waals surface area (Å²) in [5.41, 5.74) is -0.503. The van der Waals surface area contributed by atoms with E-state index in [9.17, 15) is 9.59 Å². The normalized spacial score (nSPS) is 16.0. The highest BCUT2D eigenvalue weighted by Gasteiger charge is 2.25. The highest BCUT2D eigenvalue weighted by atomic mass is 79.9. The summed E-state index contributed by atoms with van der Waals surface area (Å²) < 4.78 is 8.05. The number of hydrogen-bond acceptors (Lipinski definition) is 4. The lowest BCUT2D eigenvalue weighted by molar-refractivity contribution is -0.131. The largest absolute Gasteiger partial charge is 0.444 e. The molecule has 0 N–H and O–H groups in total. The van der Waals surface area contributed by atoms with E-state index >= 15 is 0 Å². The van der Waals surface area contributed by atoms with E-state index in [0.29, 0.717) is 39.1 Å². The van der Waals surface area contributed by atoms with E-state index in [1.54, 1.807) is 15.8 Å². The molecule has 0 aliphatic carbocycles. The second kappa shape index (κ2) is 8.00. The Bertz CT molecular complexity index is 582. The molecule has 0 bridgehead atoms. The van der Waals surface area contributed by atoms with Gasteiger partial charge < -0.3 is 14.5 Å². The molecule has 2 heterocycles. The number of nitrogens with zero attached hydrogens (tertiary/aromatic N) is 4. The Balaban J connectivity index is 1.81. The molecule has 2 rings (SSSR count). The van der Waals surface area contributed by atoms with Crippen LogP contribution in [0.15, 0.2) is 16.9 Å². The molecule has 0 aromatic carbocycles. The molecule has 1 aliphatic heterocycles. The van der Waals surface area contributed by atoms with Crippen LogP contribution in [0.25, 0.3) is 0 Å². The van der Waals surface area contributed by atoms with Crippen molar-refractivity contribution in [2.45, 2.75) is 45.8 Å². The van der Waals surface area contributed by atoms with Crippen LogP contribution in [0, 0.1) is 0 Å². The summed E-state index contributed by atoms with van der Waals surface area (Å²) in [7, 11) is 0. The Morgan fingerprint density at radius 1 is 1.21 bits per heavy atom. The second-order valence-electron chi connectivity index (χ2n) is 6.87. The fraction of sp³-hybridized carbons (Fsp3) is 0.688. The van der Waals surface area contributed by atoms with Crippen molar-refractivity contribution in [2.24, 2.45) is 0 Å². The molecule has 1 aromatic heterocycles.